The molecule has 178 valence electrons. The molecule has 0 saturated heterocycles. The molecule has 2 atom stereocenters. The van der Waals surface area contributed by atoms with E-state index in [-0.39, 0.29) is 48.6 Å². The molecule has 0 bridgehead atoms. The molecule has 2 aromatic carbocycles. The van der Waals surface area contributed by atoms with E-state index >= 15 is 0 Å². The maximum atomic E-state index is 13.0. The number of para-hydroxylation sites is 3. The van der Waals surface area contributed by atoms with Crippen LogP contribution in [0.2, 0.25) is 0 Å². The number of rotatable bonds is 7. The Balaban J connectivity index is 1.48. The second-order valence-electron chi connectivity index (χ2n) is 9.31. The first-order valence-corrected chi connectivity index (χ1v) is 11.7. The van der Waals surface area contributed by atoms with E-state index in [4.69, 9.17) is 4.98 Å². The first-order chi connectivity index (χ1) is 16.3. The minimum Gasteiger partial charge on any atom is -0.346 e. The number of anilines is 1. The molecule has 0 radical (unpaired) electrons. The highest BCUT2D eigenvalue weighted by Crippen LogP contribution is 2.29. The molecule has 2 heterocycles. The summed E-state index contributed by atoms with van der Waals surface area (Å²) in [6.45, 7) is 8.29. The van der Waals surface area contributed by atoms with Gasteiger partial charge in [-0.3, -0.25) is 14.4 Å². The molecule has 0 aliphatic carbocycles. The lowest BCUT2D eigenvalue weighted by Gasteiger charge is -2.25. The van der Waals surface area contributed by atoms with Gasteiger partial charge in [0.1, 0.15) is 11.9 Å². The van der Waals surface area contributed by atoms with Gasteiger partial charge in [0.15, 0.2) is 0 Å². The monoisotopic (exact) mass is 461 g/mol. The zero-order valence-electron chi connectivity index (χ0n) is 20.0. The molecule has 4 rings (SSSR count). The molecule has 34 heavy (non-hydrogen) atoms. The van der Waals surface area contributed by atoms with Crippen LogP contribution in [-0.2, 0) is 9.59 Å². The van der Waals surface area contributed by atoms with Gasteiger partial charge in [0.2, 0.25) is 11.8 Å². The summed E-state index contributed by atoms with van der Waals surface area (Å²) in [5, 5.41) is 8.64. The van der Waals surface area contributed by atoms with Gasteiger partial charge in [0.25, 0.3) is 5.91 Å². The number of amides is 3. The van der Waals surface area contributed by atoms with Crippen molar-refractivity contribution in [3.8, 4) is 0 Å². The fourth-order valence-electron chi connectivity index (χ4n) is 4.39. The van der Waals surface area contributed by atoms with Crippen LogP contribution in [0, 0.1) is 5.92 Å². The lowest BCUT2D eigenvalue weighted by Crippen LogP contribution is -2.42. The van der Waals surface area contributed by atoms with E-state index in [1.165, 1.54) is 0 Å². The molecule has 0 saturated carbocycles. The smallest absolute Gasteiger partial charge is 0.254 e. The molecule has 0 unspecified atom stereocenters. The minimum atomic E-state index is -0.789. The van der Waals surface area contributed by atoms with E-state index in [0.29, 0.717) is 11.3 Å². The van der Waals surface area contributed by atoms with Crippen LogP contribution in [0.15, 0.2) is 48.5 Å². The van der Waals surface area contributed by atoms with E-state index in [0.717, 1.165) is 16.9 Å². The van der Waals surface area contributed by atoms with Crippen molar-refractivity contribution >= 4 is 34.4 Å². The van der Waals surface area contributed by atoms with Crippen LogP contribution >= 0.6 is 0 Å². The number of benzene rings is 2. The number of fused-ring (bicyclic) bond motifs is 2. The third-order valence-electron chi connectivity index (χ3n) is 6.11. The lowest BCUT2D eigenvalue weighted by molar-refractivity contribution is -0.122. The molecule has 3 amide bonds. The summed E-state index contributed by atoms with van der Waals surface area (Å²) in [6, 6.07) is 13.9. The molecule has 1 aliphatic heterocycles. The quantitative estimate of drug-likeness (QED) is 0.495. The van der Waals surface area contributed by atoms with Gasteiger partial charge in [-0.2, -0.15) is 0 Å². The molecule has 0 spiro atoms. The average molecular weight is 462 g/mol. The normalized spacial score (nSPS) is 16.7. The van der Waals surface area contributed by atoms with Crippen LogP contribution in [0.5, 0.6) is 0 Å². The number of aromatic nitrogens is 2. The third-order valence-corrected chi connectivity index (χ3v) is 6.11. The Hall–Kier alpha value is -3.68. The van der Waals surface area contributed by atoms with Gasteiger partial charge in [0, 0.05) is 12.5 Å². The number of hydrogen-bond donors (Lipinski definition) is 3. The van der Waals surface area contributed by atoms with Gasteiger partial charge in [-0.15, -0.1) is 0 Å². The predicted molar refractivity (Wildman–Crippen MR) is 131 cm³/mol. The Morgan fingerprint density at radius 1 is 1.06 bits per heavy atom. The number of nitrogens with zero attached hydrogens (tertiary/aromatic N) is 2. The Bertz CT molecular complexity index is 1230. The fourth-order valence-corrected chi connectivity index (χ4v) is 4.39. The van der Waals surface area contributed by atoms with E-state index in [1.807, 2.05) is 38.1 Å². The van der Waals surface area contributed by atoms with Crippen molar-refractivity contribution in [1.29, 1.82) is 0 Å². The Labute approximate surface area is 199 Å². The number of carbonyl (C=O) groups is 3. The summed E-state index contributed by atoms with van der Waals surface area (Å²) in [4.78, 5) is 43.0. The van der Waals surface area contributed by atoms with Gasteiger partial charge in [-0.05, 0) is 50.5 Å². The van der Waals surface area contributed by atoms with Crippen LogP contribution < -0.4 is 16.0 Å². The van der Waals surface area contributed by atoms with Crippen molar-refractivity contribution in [2.45, 2.75) is 58.7 Å². The van der Waals surface area contributed by atoms with Crippen molar-refractivity contribution < 1.29 is 14.4 Å². The molecule has 3 N–H and O–H groups in total. The Morgan fingerprint density at radius 2 is 1.76 bits per heavy atom. The molecule has 8 heteroatoms. The van der Waals surface area contributed by atoms with Crippen LogP contribution in [0.3, 0.4) is 0 Å². The van der Waals surface area contributed by atoms with Crippen molar-refractivity contribution in [3.05, 3.63) is 59.9 Å². The maximum Gasteiger partial charge on any atom is 0.254 e. The largest absolute Gasteiger partial charge is 0.346 e. The van der Waals surface area contributed by atoms with Gasteiger partial charge in [0.05, 0.1) is 28.3 Å². The summed E-state index contributed by atoms with van der Waals surface area (Å²) < 4.78 is 2.16. The van der Waals surface area contributed by atoms with Crippen molar-refractivity contribution in [2.24, 2.45) is 5.92 Å². The highest BCUT2D eigenvalue weighted by Gasteiger charge is 2.29. The van der Waals surface area contributed by atoms with Crippen molar-refractivity contribution in [1.82, 2.24) is 20.2 Å². The summed E-state index contributed by atoms with van der Waals surface area (Å²) >= 11 is 0. The zero-order valence-corrected chi connectivity index (χ0v) is 20.0. The number of hydrogen-bond acceptors (Lipinski definition) is 4. The van der Waals surface area contributed by atoms with Crippen LogP contribution in [0.4, 0.5) is 5.69 Å². The highest BCUT2D eigenvalue weighted by atomic mass is 16.2. The van der Waals surface area contributed by atoms with Crippen LogP contribution in [0.1, 0.15) is 68.8 Å². The summed E-state index contributed by atoms with van der Waals surface area (Å²) in [7, 11) is 0. The predicted octanol–water partition coefficient (Wildman–Crippen LogP) is 3.96. The maximum absolute atomic E-state index is 13.0. The van der Waals surface area contributed by atoms with Gasteiger partial charge >= 0.3 is 0 Å². The molecule has 1 aromatic heterocycles. The van der Waals surface area contributed by atoms with E-state index < -0.39 is 6.04 Å². The summed E-state index contributed by atoms with van der Waals surface area (Å²) in [5.41, 5.74) is 2.81. The number of nitrogens with one attached hydrogen (secondary N) is 3. The van der Waals surface area contributed by atoms with Gasteiger partial charge in [-0.1, -0.05) is 38.1 Å². The molecular weight excluding hydrogens is 430 g/mol. The topological polar surface area (TPSA) is 105 Å². The Morgan fingerprint density at radius 3 is 2.50 bits per heavy atom. The van der Waals surface area contributed by atoms with E-state index in [1.54, 1.807) is 24.3 Å². The second-order valence-corrected chi connectivity index (χ2v) is 9.31. The number of carbonyl (C=O) groups excluding carboxylic acids is 3. The standard InChI is InChI=1S/C26H31N5O3/c1-15(2)23(24-27-19-11-7-8-12-21(19)31(24)16(3)4)30-22(32)14-13-20-26(34)28-18-10-6-5-9-17(18)25(33)29-20/h5-12,15-16,20,23H,13-14H2,1-4H3,(H,28,34)(H,29,33)(H,30,32)/t20-,23+/m1/s1. The van der Waals surface area contributed by atoms with Gasteiger partial charge < -0.3 is 20.5 Å². The first-order valence-electron chi connectivity index (χ1n) is 11.7. The molecule has 1 aliphatic rings. The zero-order chi connectivity index (χ0) is 24.4. The average Bonchev–Trinajstić information content (AvgIpc) is 3.13. The molecule has 3 aromatic rings. The highest BCUT2D eigenvalue weighted by molar-refractivity contribution is 6.09. The fraction of sp³-hybridized carbons (Fsp3) is 0.385. The number of imidazole rings is 1. The lowest BCUT2D eigenvalue weighted by atomic mass is 10.0. The second kappa shape index (κ2) is 9.67. The van der Waals surface area contributed by atoms with Crippen LogP contribution in [0.25, 0.3) is 11.0 Å². The van der Waals surface area contributed by atoms with E-state index in [2.05, 4.69) is 34.4 Å². The van der Waals surface area contributed by atoms with Crippen molar-refractivity contribution in [2.75, 3.05) is 5.32 Å². The minimum absolute atomic E-state index is 0.0971. The summed E-state index contributed by atoms with van der Waals surface area (Å²) in [6.07, 6.45) is 0.294. The first kappa shape index (κ1) is 23.5. The van der Waals surface area contributed by atoms with E-state index in [9.17, 15) is 14.4 Å². The molecular formula is C26H31N5O3. The summed E-state index contributed by atoms with van der Waals surface area (Å²) in [5.74, 6) is 0.0761. The van der Waals surface area contributed by atoms with Crippen molar-refractivity contribution in [3.63, 3.8) is 0 Å². The SMILES string of the molecule is CC(C)[C@H](NC(=O)CC[C@H]1NC(=O)c2ccccc2NC1=O)c1nc2ccccc2n1C(C)C. The Kier molecular flexibility index (Phi) is 6.68. The molecule has 0 fully saturated rings. The van der Waals surface area contributed by atoms with Crippen LogP contribution in [-0.4, -0.2) is 33.3 Å². The van der Waals surface area contributed by atoms with Gasteiger partial charge in [-0.25, -0.2) is 4.98 Å². The third kappa shape index (κ3) is 4.66. The molecule has 8 nitrogen and oxygen atoms in total.